The summed E-state index contributed by atoms with van der Waals surface area (Å²) < 4.78 is 0. The number of hydrogen-bond donors (Lipinski definition) is 1. The molecule has 2 fully saturated rings. The van der Waals surface area contributed by atoms with Gasteiger partial charge >= 0.3 is 0 Å². The van der Waals surface area contributed by atoms with Crippen molar-refractivity contribution in [1.29, 1.82) is 0 Å². The van der Waals surface area contributed by atoms with E-state index in [-0.39, 0.29) is 24.4 Å². The van der Waals surface area contributed by atoms with Crippen molar-refractivity contribution in [3.63, 3.8) is 0 Å². The molecule has 2 aliphatic rings. The lowest BCUT2D eigenvalue weighted by Gasteiger charge is -2.34. The van der Waals surface area contributed by atoms with Crippen LogP contribution in [0.3, 0.4) is 0 Å². The van der Waals surface area contributed by atoms with Gasteiger partial charge in [0, 0.05) is 11.8 Å². The van der Waals surface area contributed by atoms with Crippen molar-refractivity contribution in [2.45, 2.75) is 37.5 Å². The molecule has 0 aromatic carbocycles. The zero-order valence-electron chi connectivity index (χ0n) is 9.57. The molecule has 2 rings (SSSR count). The van der Waals surface area contributed by atoms with Crippen LogP contribution in [-0.2, 0) is 9.59 Å². The highest BCUT2D eigenvalue weighted by Gasteiger charge is 2.31. The van der Waals surface area contributed by atoms with Gasteiger partial charge in [-0.2, -0.15) is 11.8 Å². The Labute approximate surface area is 100 Å². The zero-order valence-corrected chi connectivity index (χ0v) is 10.4. The molecule has 2 aliphatic heterocycles. The van der Waals surface area contributed by atoms with Gasteiger partial charge in [0.25, 0.3) is 0 Å². The third-order valence-electron chi connectivity index (χ3n) is 3.09. The predicted molar refractivity (Wildman–Crippen MR) is 64.3 cm³/mol. The van der Waals surface area contributed by atoms with Crippen molar-refractivity contribution in [1.82, 2.24) is 10.2 Å². The highest BCUT2D eigenvalue weighted by Crippen LogP contribution is 2.26. The first-order chi connectivity index (χ1) is 7.66. The first-order valence-corrected chi connectivity index (χ1v) is 6.91. The average molecular weight is 242 g/mol. The molecule has 2 heterocycles. The van der Waals surface area contributed by atoms with E-state index >= 15 is 0 Å². The van der Waals surface area contributed by atoms with Crippen LogP contribution in [0.15, 0.2) is 0 Å². The van der Waals surface area contributed by atoms with Crippen LogP contribution in [0.1, 0.15) is 26.2 Å². The van der Waals surface area contributed by atoms with E-state index in [0.717, 1.165) is 6.54 Å². The Kier molecular flexibility index (Phi) is 3.74. The van der Waals surface area contributed by atoms with Crippen LogP contribution in [0.5, 0.6) is 0 Å². The van der Waals surface area contributed by atoms with Gasteiger partial charge in [-0.25, -0.2) is 0 Å². The first-order valence-electron chi connectivity index (χ1n) is 5.86. The van der Waals surface area contributed by atoms with Gasteiger partial charge in [-0.3, -0.25) is 9.59 Å². The molecule has 0 saturated carbocycles. The van der Waals surface area contributed by atoms with Crippen molar-refractivity contribution >= 4 is 23.6 Å². The topological polar surface area (TPSA) is 49.4 Å². The van der Waals surface area contributed by atoms with Gasteiger partial charge in [-0.15, -0.1) is 0 Å². The predicted octanol–water partition coefficient (Wildman–Crippen LogP) is 0.619. The van der Waals surface area contributed by atoms with Crippen molar-refractivity contribution in [3.05, 3.63) is 0 Å². The highest BCUT2D eigenvalue weighted by atomic mass is 32.2. The summed E-state index contributed by atoms with van der Waals surface area (Å²) in [5, 5.41) is 3.18. The Bertz CT molecular complexity index is 290. The molecule has 2 unspecified atom stereocenters. The Hall–Kier alpha value is -0.710. The lowest BCUT2D eigenvalue weighted by molar-refractivity contribution is -0.143. The van der Waals surface area contributed by atoms with Gasteiger partial charge < -0.3 is 10.2 Å². The van der Waals surface area contributed by atoms with E-state index in [0.29, 0.717) is 5.25 Å². The molecule has 90 valence electrons. The van der Waals surface area contributed by atoms with E-state index < -0.39 is 0 Å². The van der Waals surface area contributed by atoms with Gasteiger partial charge in [0.2, 0.25) is 11.8 Å². The molecule has 0 radical (unpaired) electrons. The molecular weight excluding hydrogens is 224 g/mol. The Morgan fingerprint density at radius 1 is 1.44 bits per heavy atom. The van der Waals surface area contributed by atoms with E-state index in [2.05, 4.69) is 5.32 Å². The Balaban J connectivity index is 1.91. The number of carbonyl (C=O) groups excluding carboxylic acids is 2. The molecule has 0 aliphatic carbocycles. The molecule has 1 N–H and O–H groups in total. The fraction of sp³-hybridized carbons (Fsp3) is 0.818. The first kappa shape index (κ1) is 11.8. The minimum Gasteiger partial charge on any atom is -0.343 e. The lowest BCUT2D eigenvalue weighted by Crippen LogP contribution is -2.58. The molecule has 16 heavy (non-hydrogen) atoms. The third-order valence-corrected chi connectivity index (χ3v) is 4.47. The van der Waals surface area contributed by atoms with Crippen LogP contribution < -0.4 is 5.32 Å². The van der Waals surface area contributed by atoms with Crippen molar-refractivity contribution in [3.8, 4) is 0 Å². The summed E-state index contributed by atoms with van der Waals surface area (Å²) in [5.41, 5.74) is 0. The maximum absolute atomic E-state index is 11.8. The van der Waals surface area contributed by atoms with Gasteiger partial charge in [-0.1, -0.05) is 6.42 Å². The largest absolute Gasteiger partial charge is 0.343 e. The highest BCUT2D eigenvalue weighted by molar-refractivity contribution is 7.99. The van der Waals surface area contributed by atoms with Gasteiger partial charge in [0.1, 0.15) is 6.04 Å². The maximum Gasteiger partial charge on any atom is 0.245 e. The molecule has 2 atom stereocenters. The fourth-order valence-corrected chi connectivity index (χ4v) is 3.55. The number of nitrogens with zero attached hydrogens (tertiary/aromatic N) is 1. The summed E-state index contributed by atoms with van der Waals surface area (Å²) in [7, 11) is 0. The second-order valence-corrected chi connectivity index (χ2v) is 5.90. The van der Waals surface area contributed by atoms with E-state index in [1.165, 1.54) is 25.0 Å². The van der Waals surface area contributed by atoms with Crippen LogP contribution in [0.2, 0.25) is 0 Å². The summed E-state index contributed by atoms with van der Waals surface area (Å²) >= 11 is 1.94. The Morgan fingerprint density at radius 2 is 2.25 bits per heavy atom. The van der Waals surface area contributed by atoms with E-state index in [1.54, 1.807) is 11.8 Å². The van der Waals surface area contributed by atoms with Crippen LogP contribution >= 0.6 is 11.8 Å². The monoisotopic (exact) mass is 242 g/mol. The lowest BCUT2D eigenvalue weighted by atomic mass is 10.1. The molecule has 2 saturated heterocycles. The number of nitrogens with one attached hydrogen (secondary N) is 1. The summed E-state index contributed by atoms with van der Waals surface area (Å²) in [6.45, 7) is 2.72. The summed E-state index contributed by atoms with van der Waals surface area (Å²) in [6.07, 6.45) is 3.71. The van der Waals surface area contributed by atoms with E-state index in [1.807, 2.05) is 11.8 Å². The zero-order chi connectivity index (χ0) is 11.5. The summed E-state index contributed by atoms with van der Waals surface area (Å²) in [4.78, 5) is 24.9. The normalized spacial score (nSPS) is 31.4. The molecule has 0 spiro atoms. The fourth-order valence-electron chi connectivity index (χ4n) is 2.23. The molecule has 4 nitrogen and oxygen atoms in total. The molecular formula is C11H18N2O2S. The molecule has 0 aromatic heterocycles. The van der Waals surface area contributed by atoms with Crippen LogP contribution in [0, 0.1) is 0 Å². The second kappa shape index (κ2) is 5.08. The number of hydrogen-bond acceptors (Lipinski definition) is 3. The van der Waals surface area contributed by atoms with E-state index in [4.69, 9.17) is 0 Å². The van der Waals surface area contributed by atoms with Gasteiger partial charge in [0.15, 0.2) is 0 Å². The standard InChI is InChI=1S/C11H18N2O2S/c1-8-11(15)13(7-10(14)12-8)6-9-4-2-3-5-16-9/h8-9H,2-7H2,1H3,(H,12,14). The van der Waals surface area contributed by atoms with Crippen LogP contribution in [-0.4, -0.2) is 46.8 Å². The number of carbonyl (C=O) groups is 2. The molecule has 0 aromatic rings. The smallest absolute Gasteiger partial charge is 0.245 e. The second-order valence-electron chi connectivity index (χ2n) is 4.50. The molecule has 0 bridgehead atoms. The third kappa shape index (κ3) is 2.70. The SMILES string of the molecule is CC1NC(=O)CN(CC2CCCCS2)C1=O. The number of amides is 2. The number of rotatable bonds is 2. The minimum absolute atomic E-state index is 0.0343. The maximum atomic E-state index is 11.8. The van der Waals surface area contributed by atoms with Crippen LogP contribution in [0.4, 0.5) is 0 Å². The number of piperazine rings is 1. The number of thioether (sulfide) groups is 1. The van der Waals surface area contributed by atoms with Crippen molar-refractivity contribution in [2.75, 3.05) is 18.8 Å². The minimum atomic E-state index is -0.352. The molecule has 2 amide bonds. The van der Waals surface area contributed by atoms with Gasteiger partial charge in [0.05, 0.1) is 6.54 Å². The van der Waals surface area contributed by atoms with Crippen molar-refractivity contribution in [2.24, 2.45) is 0 Å². The Morgan fingerprint density at radius 3 is 2.94 bits per heavy atom. The summed E-state index contributed by atoms with van der Waals surface area (Å²) in [6, 6.07) is -0.352. The van der Waals surface area contributed by atoms with Crippen molar-refractivity contribution < 1.29 is 9.59 Å². The summed E-state index contributed by atoms with van der Waals surface area (Å²) in [5.74, 6) is 1.22. The average Bonchev–Trinajstić information content (AvgIpc) is 2.27. The van der Waals surface area contributed by atoms with E-state index in [9.17, 15) is 9.59 Å². The van der Waals surface area contributed by atoms with Gasteiger partial charge in [-0.05, 0) is 25.5 Å². The quantitative estimate of drug-likeness (QED) is 0.772. The van der Waals surface area contributed by atoms with Crippen LogP contribution in [0.25, 0.3) is 0 Å². The molecule has 5 heteroatoms.